The molecule has 5 heteroatoms. The van der Waals surface area contributed by atoms with Gasteiger partial charge in [0.2, 0.25) is 0 Å². The van der Waals surface area contributed by atoms with Crippen LogP contribution in [0.3, 0.4) is 0 Å². The van der Waals surface area contributed by atoms with Gasteiger partial charge in [-0.15, -0.1) is 24.8 Å². The zero-order chi connectivity index (χ0) is 36.7. The number of hydrogen-bond acceptors (Lipinski definition) is 0. The molecule has 0 heterocycles. The summed E-state index contributed by atoms with van der Waals surface area (Å²) in [7, 11) is 0. The van der Waals surface area contributed by atoms with E-state index in [2.05, 4.69) is 148 Å². The Balaban J connectivity index is 0.00000240. The first-order valence-electron chi connectivity index (χ1n) is 18.5. The molecule has 53 heavy (non-hydrogen) atoms. The van der Waals surface area contributed by atoms with E-state index in [0.29, 0.717) is 0 Å². The number of rotatable bonds is 4. The Hall–Kier alpha value is -2.25. The first-order chi connectivity index (χ1) is 23.8. The molecule has 0 radical (unpaired) electrons. The number of allylic oxidation sites excluding steroid dienone is 8. The molecule has 0 saturated carbocycles. The van der Waals surface area contributed by atoms with E-state index in [1.54, 1.807) is 0 Å². The summed E-state index contributed by atoms with van der Waals surface area (Å²) in [4.78, 5) is 0. The predicted molar refractivity (Wildman–Crippen MR) is 236 cm³/mol. The van der Waals surface area contributed by atoms with E-state index >= 15 is 0 Å². The molecule has 4 aromatic rings. The van der Waals surface area contributed by atoms with E-state index in [-0.39, 0.29) is 47.0 Å². The summed E-state index contributed by atoms with van der Waals surface area (Å²) in [6.07, 6.45) is 8.44. The molecule has 0 amide bonds. The van der Waals surface area contributed by atoms with Gasteiger partial charge in [0.05, 0.1) is 0 Å². The van der Waals surface area contributed by atoms with Gasteiger partial charge in [0.25, 0.3) is 0 Å². The van der Waals surface area contributed by atoms with Gasteiger partial charge in [0.1, 0.15) is 0 Å². The Morgan fingerprint density at radius 2 is 1.26 bits per heavy atom. The zero-order valence-electron chi connectivity index (χ0n) is 32.7. The molecule has 0 N–H and O–H groups in total. The molecule has 0 aliphatic heterocycles. The molecule has 4 aliphatic carbocycles. The minimum absolute atomic E-state index is 0. The van der Waals surface area contributed by atoms with Crippen LogP contribution in [0.25, 0.3) is 22.3 Å². The summed E-state index contributed by atoms with van der Waals surface area (Å²) in [5.41, 5.74) is 15.2. The average Bonchev–Trinajstić information content (AvgIpc) is 3.74. The van der Waals surface area contributed by atoms with E-state index in [1.165, 1.54) is 74.3 Å². The van der Waals surface area contributed by atoms with E-state index < -0.39 is 18.3 Å². The van der Waals surface area contributed by atoms with Gasteiger partial charge in [-0.25, -0.2) is 0 Å². The number of benzene rings is 4. The van der Waals surface area contributed by atoms with E-state index in [0.717, 1.165) is 16.5 Å². The fraction of sp³-hybridized carbons (Fsp3) is 0.312. The molecule has 8 rings (SSSR count). The number of halogens is 4. The van der Waals surface area contributed by atoms with Crippen LogP contribution in [0.4, 0.5) is 0 Å². The summed E-state index contributed by atoms with van der Waals surface area (Å²) in [5, 5.41) is 1.49. The normalized spacial score (nSPS) is 19.3. The van der Waals surface area contributed by atoms with Crippen molar-refractivity contribution in [2.45, 2.75) is 86.5 Å². The minimum atomic E-state index is -5.16. The van der Waals surface area contributed by atoms with Crippen LogP contribution < -0.4 is 6.54 Å². The van der Waals surface area contributed by atoms with Crippen LogP contribution in [0.2, 0.25) is 10.0 Å². The predicted octanol–water partition coefficient (Wildman–Crippen LogP) is 13.4. The van der Waals surface area contributed by atoms with Crippen LogP contribution in [-0.2, 0) is 35.5 Å². The maximum absolute atomic E-state index is 6.99. The summed E-state index contributed by atoms with van der Waals surface area (Å²) in [5.74, 6) is 0.208. The van der Waals surface area contributed by atoms with Crippen LogP contribution in [0.5, 0.6) is 0 Å². The molecule has 4 aliphatic rings. The molecule has 0 nitrogen and oxygen atoms in total. The van der Waals surface area contributed by atoms with Gasteiger partial charge in [-0.05, 0) is 0 Å². The standard InChI is InChI=1S/C25H25.C10H15.2C6H4Cl.CH2.2ClH.Zr/c1-14-12-24(3,4)22-8-16-7-17-9-23-19(15(2)13-25(23,5)6)11-21(17)20(16)10-18(14)22;1-8-5-6-9(7-8)10(2,3)4;2*7-6-4-2-1-3-5-6;;;;/h8-12H,7H2,1-6H3;6-8H,1-4H3;2*1-2,4-5H;1H2;2*1H;. The van der Waals surface area contributed by atoms with E-state index in [4.69, 9.17) is 27.4 Å². The van der Waals surface area contributed by atoms with Gasteiger partial charge in [-0.3, -0.25) is 0 Å². The third-order valence-corrected chi connectivity index (χ3v) is 31.2. The van der Waals surface area contributed by atoms with Gasteiger partial charge in [-0.2, -0.15) is 0 Å². The van der Waals surface area contributed by atoms with Crippen molar-refractivity contribution < 1.29 is 18.3 Å². The molecular formula is C48H52Cl4Zr. The maximum atomic E-state index is 6.99. The Kier molecular flexibility index (Phi) is 9.84. The molecule has 1 atom stereocenters. The molecule has 276 valence electrons. The van der Waals surface area contributed by atoms with E-state index in [1.807, 2.05) is 12.1 Å². The third-order valence-electron chi connectivity index (χ3n) is 13.1. The van der Waals surface area contributed by atoms with Crippen LogP contribution in [0.1, 0.15) is 103 Å². The topological polar surface area (TPSA) is 0 Å². The van der Waals surface area contributed by atoms with Gasteiger partial charge in [0, 0.05) is 0 Å². The first kappa shape index (κ1) is 40.4. The summed E-state index contributed by atoms with van der Waals surface area (Å²) < 4.78 is 11.3. The summed E-state index contributed by atoms with van der Waals surface area (Å²) >= 11 is 8.82. The second kappa shape index (κ2) is 12.9. The zero-order valence-corrected chi connectivity index (χ0v) is 38.3. The molecule has 0 bridgehead atoms. The molecular weight excluding hydrogens is 810 g/mol. The Bertz CT molecular complexity index is 2390. The molecule has 0 aromatic heterocycles. The fourth-order valence-corrected chi connectivity index (χ4v) is 30.9. The summed E-state index contributed by atoms with van der Waals surface area (Å²) in [6, 6.07) is 27.4. The number of hydrogen-bond donors (Lipinski definition) is 0. The van der Waals surface area contributed by atoms with Gasteiger partial charge < -0.3 is 0 Å². The van der Waals surface area contributed by atoms with Crippen LogP contribution in [-0.4, -0.2) is 4.21 Å². The van der Waals surface area contributed by atoms with Gasteiger partial charge in [0.15, 0.2) is 0 Å². The average molecular weight is 862 g/mol. The van der Waals surface area contributed by atoms with Crippen molar-refractivity contribution in [2.24, 2.45) is 11.3 Å². The van der Waals surface area contributed by atoms with Crippen molar-refractivity contribution in [1.29, 1.82) is 0 Å². The molecule has 0 spiro atoms. The van der Waals surface area contributed by atoms with Crippen LogP contribution in [0.15, 0.2) is 103 Å². The second-order valence-electron chi connectivity index (χ2n) is 18.2. The second-order valence-corrected chi connectivity index (χ2v) is 31.7. The van der Waals surface area contributed by atoms with Crippen molar-refractivity contribution >= 4 is 69.9 Å². The van der Waals surface area contributed by atoms with Crippen molar-refractivity contribution in [1.82, 2.24) is 0 Å². The van der Waals surface area contributed by atoms with Crippen molar-refractivity contribution in [2.75, 3.05) is 0 Å². The Morgan fingerprint density at radius 3 is 1.77 bits per heavy atom. The summed E-state index contributed by atoms with van der Waals surface area (Å²) in [6.45, 7) is 23.6. The third kappa shape index (κ3) is 5.57. The first-order valence-corrected chi connectivity index (χ1v) is 25.9. The van der Waals surface area contributed by atoms with E-state index in [9.17, 15) is 0 Å². The molecule has 1 unspecified atom stereocenters. The molecule has 4 aromatic carbocycles. The number of fused-ring (bicyclic) bond motifs is 5. The van der Waals surface area contributed by atoms with Crippen molar-refractivity contribution in [3.63, 3.8) is 0 Å². The van der Waals surface area contributed by atoms with Crippen LogP contribution in [0, 0.1) is 11.3 Å². The van der Waals surface area contributed by atoms with Crippen LogP contribution >= 0.6 is 48.0 Å². The van der Waals surface area contributed by atoms with Crippen molar-refractivity contribution in [3.8, 4) is 11.1 Å². The SMILES string of the molecule is Cl.Cl.[CH2]=[Zr]([C]1=CC(C(C)(C)C)=CC1C)([C]1=C(C)c2cc3c(cc2C1(C)C)Cc1cc2c(cc1-3)C(C)=CC2(C)C)([c]1cccc(Cl)c1)[c]1cccc(Cl)c1. The quantitative estimate of drug-likeness (QED) is 0.169. The fourth-order valence-electron chi connectivity index (χ4n) is 10.9. The van der Waals surface area contributed by atoms with Gasteiger partial charge in [-0.1, -0.05) is 0 Å². The Morgan fingerprint density at radius 1 is 0.736 bits per heavy atom. The van der Waals surface area contributed by atoms with Crippen molar-refractivity contribution in [3.05, 3.63) is 147 Å². The monoisotopic (exact) mass is 858 g/mol. The molecule has 0 saturated heterocycles. The molecule has 0 fully saturated rings. The van der Waals surface area contributed by atoms with Gasteiger partial charge >= 0.3 is 319 Å². The Labute approximate surface area is 340 Å².